The van der Waals surface area contributed by atoms with Gasteiger partial charge in [0.2, 0.25) is 11.8 Å². The fraction of sp³-hybridized carbons (Fsp3) is 0.846. The molecule has 0 aromatic heterocycles. The van der Waals surface area contributed by atoms with Crippen LogP contribution in [0, 0.1) is 5.92 Å². The molecule has 3 N–H and O–H groups in total. The molecule has 2 amide bonds. The number of amides is 2. The molecular formula is C13H25N3O2. The SMILES string of the molecule is CCCC(=O)N1CCCC(C(=O)N[C@@H](C)CN)C1. The van der Waals surface area contributed by atoms with Crippen LogP contribution in [0.4, 0.5) is 0 Å². The van der Waals surface area contributed by atoms with E-state index in [4.69, 9.17) is 5.73 Å². The molecule has 0 radical (unpaired) electrons. The van der Waals surface area contributed by atoms with E-state index in [1.54, 1.807) is 0 Å². The van der Waals surface area contributed by atoms with Crippen molar-refractivity contribution < 1.29 is 9.59 Å². The van der Waals surface area contributed by atoms with E-state index in [0.717, 1.165) is 25.8 Å². The van der Waals surface area contributed by atoms with Crippen LogP contribution in [0.3, 0.4) is 0 Å². The van der Waals surface area contributed by atoms with E-state index in [-0.39, 0.29) is 23.8 Å². The Hall–Kier alpha value is -1.10. The topological polar surface area (TPSA) is 75.4 Å². The van der Waals surface area contributed by atoms with Crippen molar-refractivity contribution in [3.05, 3.63) is 0 Å². The summed E-state index contributed by atoms with van der Waals surface area (Å²) in [6.07, 6.45) is 3.20. The second kappa shape index (κ2) is 7.36. The lowest BCUT2D eigenvalue weighted by Gasteiger charge is -2.32. The molecule has 1 fully saturated rings. The van der Waals surface area contributed by atoms with Gasteiger partial charge in [-0.05, 0) is 26.2 Å². The molecule has 18 heavy (non-hydrogen) atoms. The normalized spacial score (nSPS) is 21.5. The number of hydrogen-bond acceptors (Lipinski definition) is 3. The van der Waals surface area contributed by atoms with Crippen LogP contribution in [0.25, 0.3) is 0 Å². The Balaban J connectivity index is 2.47. The summed E-state index contributed by atoms with van der Waals surface area (Å²) in [6, 6.07) is -0.000722. The molecule has 1 aliphatic heterocycles. The third-order valence-corrected chi connectivity index (χ3v) is 3.35. The highest BCUT2D eigenvalue weighted by Gasteiger charge is 2.28. The first-order chi connectivity index (χ1) is 8.58. The maximum Gasteiger partial charge on any atom is 0.225 e. The van der Waals surface area contributed by atoms with Crippen molar-refractivity contribution >= 4 is 11.8 Å². The summed E-state index contributed by atoms with van der Waals surface area (Å²) >= 11 is 0. The van der Waals surface area contributed by atoms with Crippen molar-refractivity contribution in [1.82, 2.24) is 10.2 Å². The molecule has 1 rings (SSSR count). The van der Waals surface area contributed by atoms with E-state index in [1.165, 1.54) is 0 Å². The van der Waals surface area contributed by atoms with Gasteiger partial charge in [-0.15, -0.1) is 0 Å². The molecule has 0 spiro atoms. The van der Waals surface area contributed by atoms with Gasteiger partial charge in [0.25, 0.3) is 0 Å². The molecule has 0 aromatic carbocycles. The van der Waals surface area contributed by atoms with Gasteiger partial charge >= 0.3 is 0 Å². The molecule has 5 heteroatoms. The zero-order chi connectivity index (χ0) is 13.5. The number of rotatable bonds is 5. The average molecular weight is 255 g/mol. The van der Waals surface area contributed by atoms with E-state index in [9.17, 15) is 9.59 Å². The molecule has 1 heterocycles. The number of carbonyl (C=O) groups excluding carboxylic acids is 2. The number of nitrogens with two attached hydrogens (primary N) is 1. The Bertz CT molecular complexity index is 294. The van der Waals surface area contributed by atoms with Crippen molar-refractivity contribution in [2.24, 2.45) is 11.7 Å². The Kier molecular flexibility index (Phi) is 6.12. The molecule has 2 atom stereocenters. The quantitative estimate of drug-likeness (QED) is 0.750. The first kappa shape index (κ1) is 15.0. The van der Waals surface area contributed by atoms with Crippen LogP contribution < -0.4 is 11.1 Å². The molecule has 1 saturated heterocycles. The van der Waals surface area contributed by atoms with Crippen molar-refractivity contribution in [2.45, 2.75) is 45.6 Å². The third-order valence-electron chi connectivity index (χ3n) is 3.35. The second-order valence-corrected chi connectivity index (χ2v) is 5.07. The summed E-state index contributed by atoms with van der Waals surface area (Å²) < 4.78 is 0. The summed E-state index contributed by atoms with van der Waals surface area (Å²) in [6.45, 7) is 5.67. The standard InChI is InChI=1S/C13H25N3O2/c1-3-5-12(17)16-7-4-6-11(9-16)13(18)15-10(2)8-14/h10-11H,3-9,14H2,1-2H3,(H,15,18)/t10-,11?/m0/s1. The van der Waals surface area contributed by atoms with E-state index in [2.05, 4.69) is 5.32 Å². The molecule has 0 aromatic rings. The summed E-state index contributed by atoms with van der Waals surface area (Å²) in [5, 5.41) is 2.89. The highest BCUT2D eigenvalue weighted by atomic mass is 16.2. The summed E-state index contributed by atoms with van der Waals surface area (Å²) in [7, 11) is 0. The lowest BCUT2D eigenvalue weighted by Crippen LogP contribution is -2.48. The smallest absolute Gasteiger partial charge is 0.225 e. The molecular weight excluding hydrogens is 230 g/mol. The highest BCUT2D eigenvalue weighted by Crippen LogP contribution is 2.17. The van der Waals surface area contributed by atoms with Crippen molar-refractivity contribution in [3.8, 4) is 0 Å². The molecule has 0 bridgehead atoms. The number of hydrogen-bond donors (Lipinski definition) is 2. The average Bonchev–Trinajstić information content (AvgIpc) is 2.39. The lowest BCUT2D eigenvalue weighted by molar-refractivity contribution is -0.135. The van der Waals surface area contributed by atoms with Gasteiger partial charge in [0.05, 0.1) is 5.92 Å². The predicted molar refractivity (Wildman–Crippen MR) is 70.9 cm³/mol. The zero-order valence-electron chi connectivity index (χ0n) is 11.4. The monoisotopic (exact) mass is 255 g/mol. The lowest BCUT2D eigenvalue weighted by atomic mass is 9.96. The van der Waals surface area contributed by atoms with Crippen LogP contribution in [0.15, 0.2) is 0 Å². The maximum absolute atomic E-state index is 12.0. The van der Waals surface area contributed by atoms with Gasteiger partial charge in [0.1, 0.15) is 0 Å². The molecule has 5 nitrogen and oxygen atoms in total. The fourth-order valence-corrected chi connectivity index (χ4v) is 2.21. The zero-order valence-corrected chi connectivity index (χ0v) is 11.4. The molecule has 0 saturated carbocycles. The van der Waals surface area contributed by atoms with Gasteiger partial charge in [-0.3, -0.25) is 9.59 Å². The van der Waals surface area contributed by atoms with Crippen LogP contribution >= 0.6 is 0 Å². The van der Waals surface area contributed by atoms with Crippen molar-refractivity contribution in [2.75, 3.05) is 19.6 Å². The van der Waals surface area contributed by atoms with Gasteiger partial charge in [-0.2, -0.15) is 0 Å². The Labute approximate surface area is 109 Å². The van der Waals surface area contributed by atoms with E-state index >= 15 is 0 Å². The maximum atomic E-state index is 12.0. The minimum atomic E-state index is -0.0754. The van der Waals surface area contributed by atoms with Gasteiger partial charge in [0.15, 0.2) is 0 Å². The van der Waals surface area contributed by atoms with Crippen LogP contribution in [-0.2, 0) is 9.59 Å². The first-order valence-electron chi connectivity index (χ1n) is 6.86. The molecule has 104 valence electrons. The second-order valence-electron chi connectivity index (χ2n) is 5.07. The molecule has 1 aliphatic rings. The molecule has 0 aliphatic carbocycles. The number of nitrogens with zero attached hydrogens (tertiary/aromatic N) is 1. The highest BCUT2D eigenvalue weighted by molar-refractivity contribution is 5.81. The summed E-state index contributed by atoms with van der Waals surface area (Å²) in [5.41, 5.74) is 5.49. The van der Waals surface area contributed by atoms with Crippen LogP contribution in [0.5, 0.6) is 0 Å². The minimum absolute atomic E-state index is 0.000722. The number of nitrogens with one attached hydrogen (secondary N) is 1. The minimum Gasteiger partial charge on any atom is -0.352 e. The number of piperidine rings is 1. The van der Waals surface area contributed by atoms with Gasteiger partial charge < -0.3 is 16.0 Å². The van der Waals surface area contributed by atoms with Gasteiger partial charge in [-0.25, -0.2) is 0 Å². The molecule has 1 unspecified atom stereocenters. The number of carbonyl (C=O) groups is 2. The van der Waals surface area contributed by atoms with E-state index < -0.39 is 0 Å². The van der Waals surface area contributed by atoms with Crippen molar-refractivity contribution in [3.63, 3.8) is 0 Å². The van der Waals surface area contributed by atoms with Gasteiger partial charge in [0, 0.05) is 32.1 Å². The predicted octanol–water partition coefficient (Wildman–Crippen LogP) is 0.489. The summed E-state index contributed by atoms with van der Waals surface area (Å²) in [4.78, 5) is 25.6. The Morgan fingerprint density at radius 1 is 1.50 bits per heavy atom. The Morgan fingerprint density at radius 2 is 2.22 bits per heavy atom. The van der Waals surface area contributed by atoms with E-state index in [0.29, 0.717) is 19.5 Å². The largest absolute Gasteiger partial charge is 0.352 e. The third kappa shape index (κ3) is 4.29. The van der Waals surface area contributed by atoms with Crippen molar-refractivity contribution in [1.29, 1.82) is 0 Å². The van der Waals surface area contributed by atoms with Crippen LogP contribution in [-0.4, -0.2) is 42.4 Å². The van der Waals surface area contributed by atoms with Gasteiger partial charge in [-0.1, -0.05) is 6.92 Å². The first-order valence-corrected chi connectivity index (χ1v) is 6.86. The number of likely N-dealkylation sites (tertiary alicyclic amines) is 1. The Morgan fingerprint density at radius 3 is 2.83 bits per heavy atom. The summed E-state index contributed by atoms with van der Waals surface area (Å²) in [5.74, 6) is 0.123. The fourth-order valence-electron chi connectivity index (χ4n) is 2.21. The van der Waals surface area contributed by atoms with Crippen LogP contribution in [0.2, 0.25) is 0 Å². The van der Waals surface area contributed by atoms with Crippen LogP contribution in [0.1, 0.15) is 39.5 Å². The van der Waals surface area contributed by atoms with E-state index in [1.807, 2.05) is 18.7 Å².